The van der Waals surface area contributed by atoms with E-state index in [4.69, 9.17) is 0 Å². The van der Waals surface area contributed by atoms with Gasteiger partial charge in [0.1, 0.15) is 12.1 Å². The average molecular weight is 529 g/mol. The number of hydrogen-bond acceptors (Lipinski definition) is 5. The van der Waals surface area contributed by atoms with E-state index in [0.29, 0.717) is 23.8 Å². The van der Waals surface area contributed by atoms with Crippen molar-refractivity contribution in [3.63, 3.8) is 0 Å². The van der Waals surface area contributed by atoms with E-state index in [-0.39, 0.29) is 23.6 Å². The molecule has 2 aromatic carbocycles. The van der Waals surface area contributed by atoms with Crippen LogP contribution in [0.3, 0.4) is 0 Å². The number of rotatable bonds is 7. The van der Waals surface area contributed by atoms with Crippen molar-refractivity contribution in [2.75, 3.05) is 10.2 Å². The summed E-state index contributed by atoms with van der Waals surface area (Å²) in [4.78, 5) is 60.2. The van der Waals surface area contributed by atoms with Gasteiger partial charge in [0, 0.05) is 6.54 Å². The van der Waals surface area contributed by atoms with Gasteiger partial charge >= 0.3 is 5.69 Å². The molecule has 2 amide bonds. The highest BCUT2D eigenvalue weighted by molar-refractivity contribution is 6.14. The molecular formula is C29H32N6O4. The van der Waals surface area contributed by atoms with Crippen LogP contribution in [0.5, 0.6) is 0 Å². The minimum atomic E-state index is -1.23. The molecule has 0 bridgehead atoms. The molecule has 0 aliphatic carbocycles. The Morgan fingerprint density at radius 3 is 2.38 bits per heavy atom. The van der Waals surface area contributed by atoms with E-state index >= 15 is 0 Å². The molecule has 0 saturated heterocycles. The number of nitrogens with one attached hydrogen (secondary N) is 1. The van der Waals surface area contributed by atoms with E-state index in [2.05, 4.69) is 24.1 Å². The zero-order chi connectivity index (χ0) is 27.9. The third-order valence-corrected chi connectivity index (χ3v) is 7.17. The van der Waals surface area contributed by atoms with Crippen molar-refractivity contribution >= 4 is 34.4 Å². The molecule has 0 spiro atoms. The molecule has 10 nitrogen and oxygen atoms in total. The second kappa shape index (κ2) is 10.0. The summed E-state index contributed by atoms with van der Waals surface area (Å²) in [6.45, 7) is 7.67. The van der Waals surface area contributed by atoms with Gasteiger partial charge in [-0.2, -0.15) is 0 Å². The standard InChI is InChI=1S/C29H32N6O4/c1-19(2)14-15-32-18-30-25-24(32)26(37)34(28(39)33(25)16-20-10-6-5-7-11-20)17-23(36)35-22-13-9-8-12-21(22)31-27(38)29(35,3)4/h5-13,18-19H,14-17H2,1-4H3,(H,31,38). The molecule has 1 aliphatic rings. The van der Waals surface area contributed by atoms with Gasteiger partial charge in [0.15, 0.2) is 11.2 Å². The van der Waals surface area contributed by atoms with Crippen LogP contribution in [0.1, 0.15) is 39.7 Å². The third kappa shape index (κ3) is 4.67. The van der Waals surface area contributed by atoms with E-state index in [0.717, 1.165) is 16.6 Å². The molecule has 1 aliphatic heterocycles. The summed E-state index contributed by atoms with van der Waals surface area (Å²) < 4.78 is 4.16. The zero-order valence-electron chi connectivity index (χ0n) is 22.5. The number of benzene rings is 2. The number of fused-ring (bicyclic) bond motifs is 2. The number of imidazole rings is 1. The number of hydrogen-bond donors (Lipinski definition) is 1. The fourth-order valence-electron chi connectivity index (χ4n) is 4.96. The van der Waals surface area contributed by atoms with Gasteiger partial charge in [-0.15, -0.1) is 0 Å². The molecule has 10 heteroatoms. The lowest BCUT2D eigenvalue weighted by Crippen LogP contribution is -2.60. The molecule has 0 fully saturated rings. The minimum Gasteiger partial charge on any atom is -0.325 e. The number of carbonyl (C=O) groups excluding carboxylic acids is 2. The highest BCUT2D eigenvalue weighted by Crippen LogP contribution is 2.36. The Morgan fingerprint density at radius 2 is 1.67 bits per heavy atom. The zero-order valence-corrected chi connectivity index (χ0v) is 22.5. The largest absolute Gasteiger partial charge is 0.333 e. The predicted octanol–water partition coefficient (Wildman–Crippen LogP) is 3.22. The first kappa shape index (κ1) is 26.1. The molecule has 2 aromatic heterocycles. The molecule has 0 saturated carbocycles. The first-order valence-electron chi connectivity index (χ1n) is 13.1. The Kier molecular flexibility index (Phi) is 6.71. The van der Waals surface area contributed by atoms with Crippen LogP contribution in [0.2, 0.25) is 0 Å². The summed E-state index contributed by atoms with van der Waals surface area (Å²) in [5, 5.41) is 2.83. The fourth-order valence-corrected chi connectivity index (χ4v) is 4.96. The lowest BCUT2D eigenvalue weighted by Gasteiger charge is -2.42. The van der Waals surface area contributed by atoms with Gasteiger partial charge in [-0.1, -0.05) is 56.3 Å². The predicted molar refractivity (Wildman–Crippen MR) is 150 cm³/mol. The van der Waals surface area contributed by atoms with Gasteiger partial charge < -0.3 is 9.88 Å². The highest BCUT2D eigenvalue weighted by atomic mass is 16.2. The lowest BCUT2D eigenvalue weighted by molar-refractivity contribution is -0.126. The Hall–Kier alpha value is -4.47. The Bertz CT molecular complexity index is 1680. The summed E-state index contributed by atoms with van der Waals surface area (Å²) in [6.07, 6.45) is 2.39. The first-order chi connectivity index (χ1) is 18.6. The van der Waals surface area contributed by atoms with Gasteiger partial charge in [-0.3, -0.25) is 23.9 Å². The topological polar surface area (TPSA) is 111 Å². The molecule has 5 rings (SSSR count). The Labute approximate surface area is 225 Å². The number of aromatic nitrogens is 4. The highest BCUT2D eigenvalue weighted by Gasteiger charge is 2.43. The van der Waals surface area contributed by atoms with Crippen molar-refractivity contribution in [1.82, 2.24) is 18.7 Å². The molecule has 39 heavy (non-hydrogen) atoms. The quantitative estimate of drug-likeness (QED) is 0.396. The summed E-state index contributed by atoms with van der Waals surface area (Å²) in [7, 11) is 0. The molecule has 202 valence electrons. The molecular weight excluding hydrogens is 496 g/mol. The fraction of sp³-hybridized carbons (Fsp3) is 0.345. The second-order valence-electron chi connectivity index (χ2n) is 10.8. The summed E-state index contributed by atoms with van der Waals surface area (Å²) in [5.41, 5.74) is -0.0375. The number of anilines is 2. The van der Waals surface area contributed by atoms with Crippen molar-refractivity contribution < 1.29 is 9.59 Å². The van der Waals surface area contributed by atoms with Crippen molar-refractivity contribution in [1.29, 1.82) is 0 Å². The average Bonchev–Trinajstić information content (AvgIpc) is 3.33. The molecule has 0 radical (unpaired) electrons. The maximum absolute atomic E-state index is 13.9. The number of para-hydroxylation sites is 2. The van der Waals surface area contributed by atoms with E-state index in [1.54, 1.807) is 49.0 Å². The van der Waals surface area contributed by atoms with Crippen LogP contribution >= 0.6 is 0 Å². The van der Waals surface area contributed by atoms with E-state index in [1.807, 2.05) is 30.3 Å². The van der Waals surface area contributed by atoms with Crippen LogP contribution in [-0.4, -0.2) is 36.0 Å². The second-order valence-corrected chi connectivity index (χ2v) is 10.8. The van der Waals surface area contributed by atoms with Crippen LogP contribution in [-0.2, 0) is 29.2 Å². The molecule has 3 heterocycles. The monoisotopic (exact) mass is 528 g/mol. The van der Waals surface area contributed by atoms with Crippen molar-refractivity contribution in [2.45, 2.75) is 59.3 Å². The first-order valence-corrected chi connectivity index (χ1v) is 13.1. The molecule has 1 N–H and O–H groups in total. The van der Waals surface area contributed by atoms with Gasteiger partial charge in [0.25, 0.3) is 5.56 Å². The SMILES string of the molecule is CC(C)CCn1cnc2c1c(=O)n(CC(=O)N1c3ccccc3NC(=O)C1(C)C)c(=O)n2Cc1ccccc1. The smallest absolute Gasteiger partial charge is 0.325 e. The number of nitrogens with zero attached hydrogens (tertiary/aromatic N) is 5. The van der Waals surface area contributed by atoms with Crippen molar-refractivity contribution in [3.05, 3.63) is 87.3 Å². The molecule has 0 unspecified atom stereocenters. The van der Waals surface area contributed by atoms with Crippen LogP contribution in [0.15, 0.2) is 70.5 Å². The van der Waals surface area contributed by atoms with Gasteiger partial charge in [0.2, 0.25) is 11.8 Å². The lowest BCUT2D eigenvalue weighted by atomic mass is 9.96. The summed E-state index contributed by atoms with van der Waals surface area (Å²) in [5.74, 6) is -0.500. The van der Waals surface area contributed by atoms with E-state index in [1.165, 1.54) is 9.47 Å². The van der Waals surface area contributed by atoms with Crippen LogP contribution in [0.4, 0.5) is 11.4 Å². The Morgan fingerprint density at radius 1 is 0.974 bits per heavy atom. The van der Waals surface area contributed by atoms with Crippen molar-refractivity contribution in [2.24, 2.45) is 5.92 Å². The van der Waals surface area contributed by atoms with Gasteiger partial charge in [-0.05, 0) is 43.9 Å². The van der Waals surface area contributed by atoms with Crippen LogP contribution in [0, 0.1) is 5.92 Å². The molecule has 0 atom stereocenters. The number of carbonyl (C=O) groups is 2. The van der Waals surface area contributed by atoms with Crippen LogP contribution < -0.4 is 21.5 Å². The number of amides is 2. The van der Waals surface area contributed by atoms with E-state index < -0.39 is 29.2 Å². The minimum absolute atomic E-state index is 0.187. The van der Waals surface area contributed by atoms with Crippen LogP contribution in [0.25, 0.3) is 11.2 Å². The maximum atomic E-state index is 13.9. The number of aryl methyl sites for hydroxylation is 1. The summed E-state index contributed by atoms with van der Waals surface area (Å²) >= 11 is 0. The van der Waals surface area contributed by atoms with Gasteiger partial charge in [-0.25, -0.2) is 14.3 Å². The normalized spacial score (nSPS) is 14.5. The maximum Gasteiger partial charge on any atom is 0.333 e. The summed E-state index contributed by atoms with van der Waals surface area (Å²) in [6, 6.07) is 16.4. The van der Waals surface area contributed by atoms with Gasteiger partial charge in [0.05, 0.1) is 24.2 Å². The Balaban J connectivity index is 1.64. The van der Waals surface area contributed by atoms with E-state index in [9.17, 15) is 19.2 Å². The molecule has 4 aromatic rings. The third-order valence-electron chi connectivity index (χ3n) is 7.17. The van der Waals surface area contributed by atoms with Crippen molar-refractivity contribution in [3.8, 4) is 0 Å².